The second-order valence-electron chi connectivity index (χ2n) is 7.28. The van der Waals surface area contributed by atoms with Gasteiger partial charge in [0.2, 0.25) is 5.91 Å². The number of carbonyl (C=O) groups excluding carboxylic acids is 1. The van der Waals surface area contributed by atoms with E-state index in [0.29, 0.717) is 5.56 Å². The Bertz CT molecular complexity index is 1310. The standard InChI is InChI=1S/C25H17N3OS2/c26-25(29)16-13-14-24-20(15-16)28(19-9-3-6-12-23(19)31-24)27-17-7-1-4-10-21(17)30-22-11-5-2-8-18(22)27/h1-15H,(H2,26,29). The molecule has 150 valence electrons. The molecule has 1 amide bonds. The monoisotopic (exact) mass is 439 g/mol. The van der Waals surface area contributed by atoms with Crippen LogP contribution in [0.2, 0.25) is 0 Å². The van der Waals surface area contributed by atoms with Gasteiger partial charge < -0.3 is 5.73 Å². The molecule has 4 aromatic rings. The normalized spacial score (nSPS) is 13.7. The SMILES string of the molecule is NC(=O)c1ccc2c(c1)N(N1c3ccccc3Sc3ccccc31)c1ccccc1S2. The quantitative estimate of drug-likeness (QED) is 0.381. The Labute approximate surface area is 188 Å². The predicted molar refractivity (Wildman–Crippen MR) is 127 cm³/mol. The maximum absolute atomic E-state index is 12.0. The van der Waals surface area contributed by atoms with E-state index in [1.165, 1.54) is 9.79 Å². The molecule has 0 unspecified atom stereocenters. The van der Waals surface area contributed by atoms with Gasteiger partial charge in [-0.3, -0.25) is 4.79 Å². The lowest BCUT2D eigenvalue weighted by molar-refractivity contribution is 0.1000. The maximum atomic E-state index is 12.0. The number of hydrazine groups is 1. The second kappa shape index (κ2) is 7.11. The average Bonchev–Trinajstić information content (AvgIpc) is 2.81. The molecule has 2 N–H and O–H groups in total. The van der Waals surface area contributed by atoms with Crippen LogP contribution in [0.3, 0.4) is 0 Å². The van der Waals surface area contributed by atoms with E-state index in [4.69, 9.17) is 5.73 Å². The number of nitrogens with zero attached hydrogens (tertiary/aromatic N) is 2. The van der Waals surface area contributed by atoms with Crippen LogP contribution in [0, 0.1) is 0 Å². The van der Waals surface area contributed by atoms with Crippen LogP contribution in [0.15, 0.2) is 111 Å². The van der Waals surface area contributed by atoms with Gasteiger partial charge in [-0.1, -0.05) is 59.9 Å². The molecule has 2 aliphatic heterocycles. The van der Waals surface area contributed by atoms with Gasteiger partial charge in [-0.05, 0) is 54.6 Å². The van der Waals surface area contributed by atoms with Crippen LogP contribution in [0.5, 0.6) is 0 Å². The molecule has 0 bridgehead atoms. The molecule has 4 aromatic carbocycles. The number of hydrogen-bond donors (Lipinski definition) is 1. The summed E-state index contributed by atoms with van der Waals surface area (Å²) in [5, 5.41) is 4.47. The van der Waals surface area contributed by atoms with Gasteiger partial charge in [0.05, 0.1) is 22.7 Å². The van der Waals surface area contributed by atoms with Gasteiger partial charge in [-0.15, -0.1) is 0 Å². The molecule has 0 saturated carbocycles. The molecule has 0 aliphatic carbocycles. The smallest absolute Gasteiger partial charge is 0.248 e. The van der Waals surface area contributed by atoms with E-state index in [2.05, 4.69) is 76.7 Å². The second-order valence-corrected chi connectivity index (χ2v) is 9.45. The Morgan fingerprint density at radius 3 is 1.48 bits per heavy atom. The van der Waals surface area contributed by atoms with Crippen molar-refractivity contribution in [3.05, 3.63) is 96.6 Å². The minimum atomic E-state index is -0.429. The van der Waals surface area contributed by atoms with Gasteiger partial charge in [0.15, 0.2) is 0 Å². The molecule has 0 radical (unpaired) electrons. The van der Waals surface area contributed by atoms with E-state index in [-0.39, 0.29) is 0 Å². The highest BCUT2D eigenvalue weighted by Crippen LogP contribution is 2.55. The summed E-state index contributed by atoms with van der Waals surface area (Å²) in [4.78, 5) is 16.6. The van der Waals surface area contributed by atoms with Crippen molar-refractivity contribution in [2.75, 3.05) is 10.0 Å². The first-order valence-electron chi connectivity index (χ1n) is 9.87. The Kier molecular flexibility index (Phi) is 4.23. The highest BCUT2D eigenvalue weighted by Gasteiger charge is 2.34. The number of fused-ring (bicyclic) bond motifs is 4. The molecule has 6 rings (SSSR count). The van der Waals surface area contributed by atoms with Crippen molar-refractivity contribution in [2.45, 2.75) is 19.6 Å². The fraction of sp³-hybridized carbons (Fsp3) is 0. The summed E-state index contributed by atoms with van der Waals surface area (Å²) in [5.41, 5.74) is 10.3. The summed E-state index contributed by atoms with van der Waals surface area (Å²) in [6.07, 6.45) is 0. The van der Waals surface area contributed by atoms with Gasteiger partial charge in [0, 0.05) is 25.1 Å². The van der Waals surface area contributed by atoms with Crippen LogP contribution in [0.4, 0.5) is 22.7 Å². The lowest BCUT2D eigenvalue weighted by atomic mass is 10.1. The van der Waals surface area contributed by atoms with Crippen molar-refractivity contribution < 1.29 is 4.79 Å². The number of hydrogen-bond acceptors (Lipinski definition) is 5. The molecule has 31 heavy (non-hydrogen) atoms. The van der Waals surface area contributed by atoms with E-state index >= 15 is 0 Å². The lowest BCUT2D eigenvalue weighted by Crippen LogP contribution is -2.39. The molecular formula is C25H17N3OS2. The van der Waals surface area contributed by atoms with Crippen LogP contribution in [-0.2, 0) is 0 Å². The van der Waals surface area contributed by atoms with Gasteiger partial charge in [0.25, 0.3) is 0 Å². The van der Waals surface area contributed by atoms with Crippen LogP contribution in [-0.4, -0.2) is 5.91 Å². The highest BCUT2D eigenvalue weighted by molar-refractivity contribution is 8.00. The summed E-state index contributed by atoms with van der Waals surface area (Å²) in [6, 6.07) is 30.9. The zero-order valence-corrected chi connectivity index (χ0v) is 18.0. The van der Waals surface area contributed by atoms with E-state index in [9.17, 15) is 4.79 Å². The summed E-state index contributed by atoms with van der Waals surface area (Å²) in [6.45, 7) is 0. The minimum absolute atomic E-state index is 0.429. The molecule has 2 aliphatic rings. The largest absolute Gasteiger partial charge is 0.366 e. The number of amides is 1. The number of anilines is 4. The maximum Gasteiger partial charge on any atom is 0.248 e. The third-order valence-corrected chi connectivity index (χ3v) is 7.65. The van der Waals surface area contributed by atoms with Crippen LogP contribution >= 0.6 is 23.5 Å². The van der Waals surface area contributed by atoms with Crippen molar-refractivity contribution in [1.29, 1.82) is 0 Å². The first kappa shape index (κ1) is 18.4. The lowest BCUT2D eigenvalue weighted by Gasteiger charge is -2.44. The van der Waals surface area contributed by atoms with Gasteiger partial charge in [-0.2, -0.15) is 0 Å². The number of benzene rings is 4. The first-order valence-corrected chi connectivity index (χ1v) is 11.5. The number of carbonyl (C=O) groups is 1. The zero-order valence-electron chi connectivity index (χ0n) is 16.4. The third kappa shape index (κ3) is 2.91. The van der Waals surface area contributed by atoms with Gasteiger partial charge in [0.1, 0.15) is 0 Å². The van der Waals surface area contributed by atoms with E-state index in [0.717, 1.165) is 32.5 Å². The molecule has 0 saturated heterocycles. The fourth-order valence-electron chi connectivity index (χ4n) is 4.01. The topological polar surface area (TPSA) is 49.6 Å². The van der Waals surface area contributed by atoms with Gasteiger partial charge >= 0.3 is 0 Å². The number of para-hydroxylation sites is 3. The summed E-state index contributed by atoms with van der Waals surface area (Å²) in [5.74, 6) is -0.429. The molecule has 6 heteroatoms. The molecule has 0 fully saturated rings. The molecule has 0 spiro atoms. The Balaban J connectivity index is 1.66. The third-order valence-electron chi connectivity index (χ3n) is 5.39. The zero-order chi connectivity index (χ0) is 20.9. The van der Waals surface area contributed by atoms with Crippen LogP contribution in [0.25, 0.3) is 0 Å². The van der Waals surface area contributed by atoms with Crippen molar-refractivity contribution >= 4 is 52.2 Å². The van der Waals surface area contributed by atoms with E-state index in [1.54, 1.807) is 29.6 Å². The fourth-order valence-corrected chi connectivity index (χ4v) is 6.08. The molecule has 0 atom stereocenters. The van der Waals surface area contributed by atoms with Crippen LogP contribution in [0.1, 0.15) is 10.4 Å². The van der Waals surface area contributed by atoms with Crippen molar-refractivity contribution in [3.8, 4) is 0 Å². The van der Waals surface area contributed by atoms with Crippen molar-refractivity contribution in [1.82, 2.24) is 0 Å². The Morgan fingerprint density at radius 2 is 1.00 bits per heavy atom. The molecular weight excluding hydrogens is 422 g/mol. The summed E-state index contributed by atoms with van der Waals surface area (Å²) < 4.78 is 0. The van der Waals surface area contributed by atoms with Crippen molar-refractivity contribution in [2.24, 2.45) is 5.73 Å². The van der Waals surface area contributed by atoms with Crippen molar-refractivity contribution in [3.63, 3.8) is 0 Å². The number of rotatable bonds is 2. The summed E-state index contributed by atoms with van der Waals surface area (Å²) in [7, 11) is 0. The molecule has 4 nitrogen and oxygen atoms in total. The first-order chi connectivity index (χ1) is 15.2. The minimum Gasteiger partial charge on any atom is -0.366 e. The van der Waals surface area contributed by atoms with E-state index < -0.39 is 5.91 Å². The number of primary amides is 1. The average molecular weight is 440 g/mol. The Morgan fingerprint density at radius 1 is 0.581 bits per heavy atom. The van der Waals surface area contributed by atoms with Crippen LogP contribution < -0.4 is 15.8 Å². The highest BCUT2D eigenvalue weighted by atomic mass is 32.2. The summed E-state index contributed by atoms with van der Waals surface area (Å²) >= 11 is 3.48. The van der Waals surface area contributed by atoms with E-state index in [1.807, 2.05) is 18.2 Å². The molecule has 0 aromatic heterocycles. The Hall–Kier alpha value is -3.35. The number of nitrogens with two attached hydrogens (primary N) is 1. The molecule has 2 heterocycles. The predicted octanol–water partition coefficient (Wildman–Crippen LogP) is 6.61. The van der Waals surface area contributed by atoms with Gasteiger partial charge in [-0.25, -0.2) is 10.0 Å².